The Morgan fingerprint density at radius 3 is 2.84 bits per heavy atom. The molecule has 4 heteroatoms. The van der Waals surface area contributed by atoms with E-state index in [0.717, 1.165) is 36.2 Å². The molecule has 3 nitrogen and oxygen atoms in total. The smallest absolute Gasteiger partial charge is 0.106 e. The average Bonchev–Trinajstić information content (AvgIpc) is 2.46. The van der Waals surface area contributed by atoms with E-state index in [1.807, 2.05) is 12.3 Å². The van der Waals surface area contributed by atoms with Gasteiger partial charge < -0.3 is 10.6 Å². The monoisotopic (exact) mass is 275 g/mol. The lowest BCUT2D eigenvalue weighted by Gasteiger charge is -2.42. The van der Waals surface area contributed by atoms with Crippen LogP contribution in [0.1, 0.15) is 37.7 Å². The van der Waals surface area contributed by atoms with Crippen molar-refractivity contribution in [1.29, 1.82) is 0 Å². The van der Waals surface area contributed by atoms with Crippen LogP contribution in [0, 0.1) is 11.8 Å². The van der Waals surface area contributed by atoms with Gasteiger partial charge in [-0.05, 0) is 30.7 Å². The minimum Gasteiger partial charge on any atom is -0.389 e. The first-order chi connectivity index (χ1) is 9.25. The molecular formula is C15H21N3S. The van der Waals surface area contributed by atoms with Gasteiger partial charge in [0.2, 0.25) is 0 Å². The molecule has 1 aromatic heterocycles. The number of nitrogens with zero attached hydrogens (tertiary/aromatic N) is 2. The van der Waals surface area contributed by atoms with Gasteiger partial charge in [-0.3, -0.25) is 4.98 Å². The first-order valence-electron chi connectivity index (χ1n) is 7.24. The van der Waals surface area contributed by atoms with Crippen LogP contribution in [0.5, 0.6) is 0 Å². The summed E-state index contributed by atoms with van der Waals surface area (Å²) in [7, 11) is 0. The molecule has 0 radical (unpaired) electrons. The number of rotatable bonds is 2. The summed E-state index contributed by atoms with van der Waals surface area (Å²) in [6, 6.07) is 1.94. The van der Waals surface area contributed by atoms with Crippen molar-refractivity contribution in [3.05, 3.63) is 24.0 Å². The third-order valence-corrected chi connectivity index (χ3v) is 4.92. The summed E-state index contributed by atoms with van der Waals surface area (Å²) in [6.07, 6.45) is 10.6. The van der Waals surface area contributed by atoms with Crippen LogP contribution in [0.15, 0.2) is 18.5 Å². The van der Waals surface area contributed by atoms with E-state index in [2.05, 4.69) is 9.88 Å². The van der Waals surface area contributed by atoms with Crippen molar-refractivity contribution in [3.63, 3.8) is 0 Å². The van der Waals surface area contributed by atoms with Crippen LogP contribution in [0.4, 0.5) is 5.69 Å². The Balaban J connectivity index is 1.81. The van der Waals surface area contributed by atoms with Crippen molar-refractivity contribution in [2.45, 2.75) is 32.1 Å². The second-order valence-corrected chi connectivity index (χ2v) is 6.24. The summed E-state index contributed by atoms with van der Waals surface area (Å²) in [5.41, 5.74) is 7.93. The summed E-state index contributed by atoms with van der Waals surface area (Å²) in [6.45, 7) is 2.26. The molecule has 1 saturated carbocycles. The number of aromatic nitrogens is 1. The standard InChI is InChI=1S/C15H21N3S/c16-15(19)13-5-7-17-9-14(13)18-8-6-11-3-1-2-4-12(11)10-18/h5,7,9,11-12H,1-4,6,8,10H2,(H2,16,19). The highest BCUT2D eigenvalue weighted by Crippen LogP contribution is 2.37. The first-order valence-corrected chi connectivity index (χ1v) is 7.65. The van der Waals surface area contributed by atoms with E-state index >= 15 is 0 Å². The highest BCUT2D eigenvalue weighted by atomic mass is 32.1. The summed E-state index contributed by atoms with van der Waals surface area (Å²) in [5, 5.41) is 0. The predicted molar refractivity (Wildman–Crippen MR) is 82.4 cm³/mol. The highest BCUT2D eigenvalue weighted by molar-refractivity contribution is 7.80. The Labute approximate surface area is 120 Å². The lowest BCUT2D eigenvalue weighted by molar-refractivity contribution is 0.202. The molecule has 2 atom stereocenters. The Bertz CT molecular complexity index is 474. The Kier molecular flexibility index (Phi) is 3.69. The lowest BCUT2D eigenvalue weighted by Crippen LogP contribution is -2.42. The maximum atomic E-state index is 5.83. The van der Waals surface area contributed by atoms with Gasteiger partial charge >= 0.3 is 0 Å². The minimum atomic E-state index is 0.475. The van der Waals surface area contributed by atoms with Gasteiger partial charge in [-0.25, -0.2) is 0 Å². The number of anilines is 1. The molecule has 2 unspecified atom stereocenters. The molecule has 2 aliphatic rings. The van der Waals surface area contributed by atoms with Crippen LogP contribution in [0.2, 0.25) is 0 Å². The summed E-state index contributed by atoms with van der Waals surface area (Å²) in [5.74, 6) is 1.79. The van der Waals surface area contributed by atoms with Gasteiger partial charge in [0.15, 0.2) is 0 Å². The average molecular weight is 275 g/mol. The van der Waals surface area contributed by atoms with E-state index in [-0.39, 0.29) is 0 Å². The van der Waals surface area contributed by atoms with E-state index in [1.165, 1.54) is 32.1 Å². The fourth-order valence-electron chi connectivity index (χ4n) is 3.67. The molecule has 1 saturated heterocycles. The number of pyridine rings is 1. The van der Waals surface area contributed by atoms with Crippen LogP contribution in [0.25, 0.3) is 0 Å². The molecule has 19 heavy (non-hydrogen) atoms. The van der Waals surface area contributed by atoms with Crippen LogP contribution in [0.3, 0.4) is 0 Å². The van der Waals surface area contributed by atoms with E-state index in [4.69, 9.17) is 18.0 Å². The van der Waals surface area contributed by atoms with E-state index in [0.29, 0.717) is 4.99 Å². The second-order valence-electron chi connectivity index (χ2n) is 5.80. The third-order valence-electron chi connectivity index (χ3n) is 4.70. The number of piperidine rings is 1. The van der Waals surface area contributed by atoms with Crippen molar-refractivity contribution in [2.24, 2.45) is 17.6 Å². The highest BCUT2D eigenvalue weighted by Gasteiger charge is 2.31. The maximum absolute atomic E-state index is 5.83. The van der Waals surface area contributed by atoms with Crippen LogP contribution < -0.4 is 10.6 Å². The molecule has 0 bridgehead atoms. The second kappa shape index (κ2) is 5.45. The Morgan fingerprint density at radius 2 is 2.05 bits per heavy atom. The summed E-state index contributed by atoms with van der Waals surface area (Å²) >= 11 is 5.16. The third kappa shape index (κ3) is 2.59. The quantitative estimate of drug-likeness (QED) is 0.843. The maximum Gasteiger partial charge on any atom is 0.106 e. The molecule has 0 amide bonds. The number of hydrogen-bond acceptors (Lipinski definition) is 3. The molecule has 1 aliphatic carbocycles. The zero-order chi connectivity index (χ0) is 13.2. The molecular weight excluding hydrogens is 254 g/mol. The molecule has 0 aromatic carbocycles. The van der Waals surface area contributed by atoms with Gasteiger partial charge in [0, 0.05) is 24.8 Å². The van der Waals surface area contributed by atoms with E-state index in [1.54, 1.807) is 6.20 Å². The van der Waals surface area contributed by atoms with E-state index < -0.39 is 0 Å². The van der Waals surface area contributed by atoms with Gasteiger partial charge in [-0.15, -0.1) is 0 Å². The van der Waals surface area contributed by atoms with Crippen molar-refractivity contribution >= 4 is 22.9 Å². The van der Waals surface area contributed by atoms with Gasteiger partial charge in [0.25, 0.3) is 0 Å². The van der Waals surface area contributed by atoms with Gasteiger partial charge in [-0.2, -0.15) is 0 Å². The number of fused-ring (bicyclic) bond motifs is 1. The zero-order valence-electron chi connectivity index (χ0n) is 11.2. The van der Waals surface area contributed by atoms with Crippen LogP contribution in [-0.4, -0.2) is 23.1 Å². The van der Waals surface area contributed by atoms with E-state index in [9.17, 15) is 0 Å². The molecule has 1 aromatic rings. The van der Waals surface area contributed by atoms with Crippen LogP contribution in [-0.2, 0) is 0 Å². The summed E-state index contributed by atoms with van der Waals surface area (Å²) < 4.78 is 0. The minimum absolute atomic E-state index is 0.475. The number of hydrogen-bond donors (Lipinski definition) is 1. The van der Waals surface area contributed by atoms with Gasteiger partial charge in [0.05, 0.1) is 11.9 Å². The molecule has 3 rings (SSSR count). The largest absolute Gasteiger partial charge is 0.389 e. The lowest BCUT2D eigenvalue weighted by atomic mass is 9.75. The number of nitrogens with two attached hydrogens (primary N) is 1. The topological polar surface area (TPSA) is 42.1 Å². The first kappa shape index (κ1) is 12.9. The molecule has 2 fully saturated rings. The molecule has 2 heterocycles. The van der Waals surface area contributed by atoms with Crippen LogP contribution >= 0.6 is 12.2 Å². The molecule has 102 valence electrons. The van der Waals surface area contributed by atoms with Gasteiger partial charge in [-0.1, -0.05) is 31.5 Å². The van der Waals surface area contributed by atoms with Crippen molar-refractivity contribution in [2.75, 3.05) is 18.0 Å². The Morgan fingerprint density at radius 1 is 1.26 bits per heavy atom. The van der Waals surface area contributed by atoms with Crippen molar-refractivity contribution < 1.29 is 0 Å². The molecule has 1 aliphatic heterocycles. The number of thiocarbonyl (C=S) groups is 1. The molecule has 2 N–H and O–H groups in total. The van der Waals surface area contributed by atoms with Crippen molar-refractivity contribution in [3.8, 4) is 0 Å². The van der Waals surface area contributed by atoms with Crippen molar-refractivity contribution in [1.82, 2.24) is 4.98 Å². The summed E-state index contributed by atoms with van der Waals surface area (Å²) in [4.78, 5) is 7.16. The zero-order valence-corrected chi connectivity index (χ0v) is 12.0. The predicted octanol–water partition coefficient (Wildman–Crippen LogP) is 2.73. The Hall–Kier alpha value is -1.16. The normalized spacial score (nSPS) is 26.8. The fraction of sp³-hybridized carbons (Fsp3) is 0.600. The molecule has 0 spiro atoms. The fourth-order valence-corrected chi connectivity index (χ4v) is 3.84. The SMILES string of the molecule is NC(=S)c1ccncc1N1CCC2CCCCC2C1. The van der Waals surface area contributed by atoms with Gasteiger partial charge in [0.1, 0.15) is 4.99 Å².